The zero-order chi connectivity index (χ0) is 9.52. The number of aliphatic hydroxyl groups is 1. The number of allylic oxidation sites excluding steroid dienone is 1. The minimum absolute atomic E-state index is 0.475. The lowest BCUT2D eigenvalue weighted by molar-refractivity contribution is -0.104. The maximum atomic E-state index is 9.95. The van der Waals surface area contributed by atoms with Crippen molar-refractivity contribution in [2.75, 3.05) is 0 Å². The second-order valence-corrected chi connectivity index (χ2v) is 2.73. The molecule has 0 aliphatic heterocycles. The molecule has 0 heterocycles. The van der Waals surface area contributed by atoms with Crippen LogP contribution in [0.4, 0.5) is 0 Å². The van der Waals surface area contributed by atoms with Crippen LogP contribution in [-0.4, -0.2) is 11.4 Å². The van der Waals surface area contributed by atoms with Gasteiger partial charge in [-0.15, -0.1) is 0 Å². The van der Waals surface area contributed by atoms with E-state index >= 15 is 0 Å². The topological polar surface area (TPSA) is 37.3 Å². The predicted octanol–water partition coefficient (Wildman–Crippen LogP) is 1.87. The zero-order valence-electron chi connectivity index (χ0n) is 7.26. The molecular weight excluding hydrogens is 164 g/mol. The number of rotatable bonds is 4. The fraction of sp³-hybridized carbons (Fsp3) is 0.182. The molecule has 0 saturated heterocycles. The Morgan fingerprint density at radius 1 is 1.31 bits per heavy atom. The van der Waals surface area contributed by atoms with Gasteiger partial charge in [0.05, 0.1) is 6.10 Å². The Bertz CT molecular complexity index is 277. The molecule has 0 bridgehead atoms. The van der Waals surface area contributed by atoms with E-state index in [0.717, 1.165) is 5.56 Å². The van der Waals surface area contributed by atoms with Gasteiger partial charge >= 0.3 is 0 Å². The van der Waals surface area contributed by atoms with Gasteiger partial charge in [0.25, 0.3) is 0 Å². The van der Waals surface area contributed by atoms with E-state index in [1.807, 2.05) is 30.3 Å². The monoisotopic (exact) mass is 176 g/mol. The van der Waals surface area contributed by atoms with Gasteiger partial charge in [0.2, 0.25) is 0 Å². The molecule has 0 fully saturated rings. The molecule has 68 valence electrons. The molecule has 0 radical (unpaired) electrons. The van der Waals surface area contributed by atoms with Crippen LogP contribution >= 0.6 is 0 Å². The lowest BCUT2D eigenvalue weighted by atomic mass is 10.1. The average molecular weight is 176 g/mol. The summed E-state index contributed by atoms with van der Waals surface area (Å²) >= 11 is 0. The summed E-state index contributed by atoms with van der Waals surface area (Å²) in [5, 5.41) is 9.58. The van der Waals surface area contributed by atoms with Crippen LogP contribution in [0.5, 0.6) is 0 Å². The molecule has 0 aromatic heterocycles. The van der Waals surface area contributed by atoms with Crippen molar-refractivity contribution in [1.29, 1.82) is 0 Å². The SMILES string of the molecule is O=C/C=C/CC(O)c1ccccc1. The van der Waals surface area contributed by atoms with Crippen LogP contribution in [0.2, 0.25) is 0 Å². The minimum Gasteiger partial charge on any atom is -0.388 e. The van der Waals surface area contributed by atoms with Gasteiger partial charge in [-0.3, -0.25) is 4.79 Å². The van der Waals surface area contributed by atoms with E-state index in [1.165, 1.54) is 6.08 Å². The summed E-state index contributed by atoms with van der Waals surface area (Å²) in [6.45, 7) is 0. The van der Waals surface area contributed by atoms with Crippen LogP contribution in [0.15, 0.2) is 42.5 Å². The molecule has 2 nitrogen and oxygen atoms in total. The van der Waals surface area contributed by atoms with E-state index in [2.05, 4.69) is 0 Å². The van der Waals surface area contributed by atoms with Crippen molar-refractivity contribution in [3.63, 3.8) is 0 Å². The maximum Gasteiger partial charge on any atom is 0.142 e. The van der Waals surface area contributed by atoms with Crippen LogP contribution in [0, 0.1) is 0 Å². The van der Waals surface area contributed by atoms with Crippen LogP contribution < -0.4 is 0 Å². The van der Waals surface area contributed by atoms with Crippen molar-refractivity contribution >= 4 is 6.29 Å². The summed E-state index contributed by atoms with van der Waals surface area (Å²) in [5.74, 6) is 0. The Kier molecular flexibility index (Phi) is 3.93. The first-order valence-electron chi connectivity index (χ1n) is 4.18. The van der Waals surface area contributed by atoms with Crippen molar-refractivity contribution < 1.29 is 9.90 Å². The number of carbonyl (C=O) groups is 1. The summed E-state index contributed by atoms with van der Waals surface area (Å²) < 4.78 is 0. The Hall–Kier alpha value is -1.41. The fourth-order valence-electron chi connectivity index (χ4n) is 1.07. The van der Waals surface area contributed by atoms with Crippen LogP contribution in [-0.2, 0) is 4.79 Å². The lowest BCUT2D eigenvalue weighted by Crippen LogP contribution is -1.94. The van der Waals surface area contributed by atoms with Gasteiger partial charge in [0, 0.05) is 0 Å². The lowest BCUT2D eigenvalue weighted by Gasteiger charge is -2.06. The van der Waals surface area contributed by atoms with Crippen LogP contribution in [0.25, 0.3) is 0 Å². The van der Waals surface area contributed by atoms with Crippen molar-refractivity contribution in [2.45, 2.75) is 12.5 Å². The highest BCUT2D eigenvalue weighted by Gasteiger charge is 2.02. The molecule has 1 unspecified atom stereocenters. The quantitative estimate of drug-likeness (QED) is 0.561. The molecule has 0 spiro atoms. The van der Waals surface area contributed by atoms with Gasteiger partial charge in [0.15, 0.2) is 0 Å². The second-order valence-electron chi connectivity index (χ2n) is 2.73. The summed E-state index contributed by atoms with van der Waals surface area (Å²) in [6, 6.07) is 9.38. The number of hydrogen-bond acceptors (Lipinski definition) is 2. The summed E-state index contributed by atoms with van der Waals surface area (Å²) in [6.07, 6.45) is 3.72. The number of benzene rings is 1. The first kappa shape index (κ1) is 9.68. The van der Waals surface area contributed by atoms with Gasteiger partial charge in [-0.2, -0.15) is 0 Å². The molecule has 1 atom stereocenters. The molecule has 1 rings (SSSR count). The van der Waals surface area contributed by atoms with E-state index in [4.69, 9.17) is 0 Å². The van der Waals surface area contributed by atoms with Crippen molar-refractivity contribution in [2.24, 2.45) is 0 Å². The average Bonchev–Trinajstić information content (AvgIpc) is 2.19. The Morgan fingerprint density at radius 2 is 2.00 bits per heavy atom. The molecule has 2 heteroatoms. The van der Waals surface area contributed by atoms with Gasteiger partial charge < -0.3 is 5.11 Å². The van der Waals surface area contributed by atoms with Crippen LogP contribution in [0.3, 0.4) is 0 Å². The van der Waals surface area contributed by atoms with Gasteiger partial charge in [-0.1, -0.05) is 36.4 Å². The Balaban J connectivity index is 2.53. The third-order valence-electron chi connectivity index (χ3n) is 1.76. The summed E-state index contributed by atoms with van der Waals surface area (Å²) in [4.78, 5) is 9.95. The van der Waals surface area contributed by atoms with E-state index in [-0.39, 0.29) is 0 Å². The summed E-state index contributed by atoms with van der Waals surface area (Å²) in [5.41, 5.74) is 0.873. The van der Waals surface area contributed by atoms with Crippen molar-refractivity contribution in [3.05, 3.63) is 48.0 Å². The van der Waals surface area contributed by atoms with Crippen molar-refractivity contribution in [3.8, 4) is 0 Å². The predicted molar refractivity (Wildman–Crippen MR) is 51.2 cm³/mol. The highest BCUT2D eigenvalue weighted by Crippen LogP contribution is 2.15. The number of aldehydes is 1. The molecule has 0 saturated carbocycles. The van der Waals surface area contributed by atoms with E-state index < -0.39 is 6.10 Å². The van der Waals surface area contributed by atoms with Gasteiger partial charge in [0.1, 0.15) is 6.29 Å². The van der Waals surface area contributed by atoms with Gasteiger partial charge in [-0.05, 0) is 18.1 Å². The van der Waals surface area contributed by atoms with E-state index in [0.29, 0.717) is 12.7 Å². The molecule has 0 amide bonds. The molecule has 0 aliphatic rings. The Labute approximate surface area is 77.5 Å². The minimum atomic E-state index is -0.516. The second kappa shape index (κ2) is 5.27. The highest BCUT2D eigenvalue weighted by atomic mass is 16.3. The molecule has 13 heavy (non-hydrogen) atoms. The van der Waals surface area contributed by atoms with Crippen molar-refractivity contribution in [1.82, 2.24) is 0 Å². The zero-order valence-corrected chi connectivity index (χ0v) is 7.26. The largest absolute Gasteiger partial charge is 0.388 e. The fourth-order valence-corrected chi connectivity index (χ4v) is 1.07. The number of carbonyl (C=O) groups excluding carboxylic acids is 1. The maximum absolute atomic E-state index is 9.95. The molecule has 1 aromatic rings. The van der Waals surface area contributed by atoms with E-state index in [1.54, 1.807) is 6.08 Å². The normalized spacial score (nSPS) is 13.0. The number of aliphatic hydroxyl groups excluding tert-OH is 1. The Morgan fingerprint density at radius 3 is 2.62 bits per heavy atom. The molecule has 1 N–H and O–H groups in total. The molecule has 1 aromatic carbocycles. The van der Waals surface area contributed by atoms with Crippen LogP contribution in [0.1, 0.15) is 18.1 Å². The first-order valence-corrected chi connectivity index (χ1v) is 4.18. The van der Waals surface area contributed by atoms with Gasteiger partial charge in [-0.25, -0.2) is 0 Å². The smallest absolute Gasteiger partial charge is 0.142 e. The number of hydrogen-bond donors (Lipinski definition) is 1. The first-order chi connectivity index (χ1) is 6.34. The van der Waals surface area contributed by atoms with E-state index in [9.17, 15) is 9.90 Å². The highest BCUT2D eigenvalue weighted by molar-refractivity contribution is 5.64. The molecular formula is C11H12O2. The summed E-state index contributed by atoms with van der Waals surface area (Å²) in [7, 11) is 0. The standard InChI is InChI=1S/C11H12O2/c12-9-5-4-8-11(13)10-6-2-1-3-7-10/h1-7,9,11,13H,8H2/b5-4+. The molecule has 0 aliphatic carbocycles. The third-order valence-corrected chi connectivity index (χ3v) is 1.76. The third kappa shape index (κ3) is 3.22.